The number of anilines is 4. The summed E-state index contributed by atoms with van der Waals surface area (Å²) in [5.41, 5.74) is 7.55. The van der Waals surface area contributed by atoms with Crippen molar-refractivity contribution in [2.24, 2.45) is 11.7 Å². The maximum atomic E-state index is 11.6. The van der Waals surface area contributed by atoms with Crippen molar-refractivity contribution in [2.45, 2.75) is 52.0 Å². The van der Waals surface area contributed by atoms with Crippen molar-refractivity contribution in [3.8, 4) is 0 Å². The third-order valence-corrected chi connectivity index (χ3v) is 5.56. The van der Waals surface area contributed by atoms with Gasteiger partial charge in [0.15, 0.2) is 0 Å². The molecule has 9 nitrogen and oxygen atoms in total. The smallest absolute Gasteiger partial charge is 0.248 e. The molecule has 1 aliphatic carbocycles. The number of carbonyl (C=O) groups excluding carboxylic acids is 1. The fourth-order valence-electron chi connectivity index (χ4n) is 3.81. The Bertz CT molecular complexity index is 882. The van der Waals surface area contributed by atoms with Gasteiger partial charge in [-0.05, 0) is 57.4 Å². The van der Waals surface area contributed by atoms with Crippen LogP contribution in [-0.4, -0.2) is 47.0 Å². The van der Waals surface area contributed by atoms with E-state index in [1.807, 2.05) is 20.0 Å². The Labute approximate surface area is 184 Å². The van der Waals surface area contributed by atoms with E-state index in [2.05, 4.69) is 43.1 Å². The minimum Gasteiger partial charge on any atom is -0.366 e. The maximum absolute atomic E-state index is 11.6. The number of rotatable bonds is 10. The summed E-state index contributed by atoms with van der Waals surface area (Å²) in [6, 6.07) is 5.42. The Kier molecular flexibility index (Phi) is 8.00. The van der Waals surface area contributed by atoms with Gasteiger partial charge >= 0.3 is 0 Å². The van der Waals surface area contributed by atoms with Crippen LogP contribution in [0.4, 0.5) is 23.5 Å². The van der Waals surface area contributed by atoms with Crippen molar-refractivity contribution < 1.29 is 4.79 Å². The number of nitrogens with one attached hydrogen (secondary N) is 4. The molecule has 1 fully saturated rings. The van der Waals surface area contributed by atoms with Gasteiger partial charge in [0, 0.05) is 30.4 Å². The molecule has 0 spiro atoms. The highest BCUT2D eigenvalue weighted by molar-refractivity contribution is 5.94. The van der Waals surface area contributed by atoms with Crippen molar-refractivity contribution in [1.29, 1.82) is 0 Å². The van der Waals surface area contributed by atoms with Crippen LogP contribution < -0.4 is 27.0 Å². The van der Waals surface area contributed by atoms with Gasteiger partial charge < -0.3 is 27.0 Å². The van der Waals surface area contributed by atoms with Crippen LogP contribution in [0.1, 0.15) is 54.9 Å². The van der Waals surface area contributed by atoms with Gasteiger partial charge in [0.05, 0.1) is 0 Å². The molecule has 31 heavy (non-hydrogen) atoms. The van der Waals surface area contributed by atoms with E-state index < -0.39 is 5.91 Å². The average Bonchev–Trinajstić information content (AvgIpc) is 2.74. The van der Waals surface area contributed by atoms with Crippen LogP contribution in [0.2, 0.25) is 0 Å². The molecule has 0 radical (unpaired) electrons. The SMILES string of the molecule is CNC[C@@H](C)Nc1nc(NCC2CCCCC2)nc(Nc2cc(C(N)=O)ccc2C)n1. The first-order valence-corrected chi connectivity index (χ1v) is 11.0. The summed E-state index contributed by atoms with van der Waals surface area (Å²) in [6.07, 6.45) is 6.40. The normalized spacial score (nSPS) is 15.3. The van der Waals surface area contributed by atoms with E-state index in [1.165, 1.54) is 32.1 Å². The summed E-state index contributed by atoms with van der Waals surface area (Å²) in [4.78, 5) is 25.2. The number of nitrogens with two attached hydrogens (primary N) is 1. The topological polar surface area (TPSA) is 130 Å². The largest absolute Gasteiger partial charge is 0.366 e. The predicted molar refractivity (Wildman–Crippen MR) is 125 cm³/mol. The van der Waals surface area contributed by atoms with Gasteiger partial charge in [-0.15, -0.1) is 0 Å². The number of nitrogens with zero attached hydrogens (tertiary/aromatic N) is 3. The fourth-order valence-corrected chi connectivity index (χ4v) is 3.81. The summed E-state index contributed by atoms with van der Waals surface area (Å²) in [6.45, 7) is 5.64. The Morgan fingerprint density at radius 1 is 1.13 bits per heavy atom. The first kappa shape index (κ1) is 22.7. The molecular weight excluding hydrogens is 392 g/mol. The van der Waals surface area contributed by atoms with Crippen molar-refractivity contribution in [3.05, 3.63) is 29.3 Å². The molecule has 0 unspecified atom stereocenters. The molecule has 1 saturated carbocycles. The van der Waals surface area contributed by atoms with Gasteiger partial charge in [-0.2, -0.15) is 15.0 Å². The summed E-state index contributed by atoms with van der Waals surface area (Å²) in [5.74, 6) is 1.61. The number of hydrogen-bond acceptors (Lipinski definition) is 8. The molecule has 0 saturated heterocycles. The number of amides is 1. The van der Waals surface area contributed by atoms with Crippen LogP contribution in [0.25, 0.3) is 0 Å². The molecule has 9 heteroatoms. The fraction of sp³-hybridized carbons (Fsp3) is 0.545. The second-order valence-electron chi connectivity index (χ2n) is 8.31. The average molecular weight is 427 g/mol. The Balaban J connectivity index is 1.81. The lowest BCUT2D eigenvalue weighted by molar-refractivity contribution is 0.100. The molecular formula is C22H34N8O. The van der Waals surface area contributed by atoms with Crippen LogP contribution in [0.15, 0.2) is 18.2 Å². The zero-order valence-electron chi connectivity index (χ0n) is 18.7. The number of likely N-dealkylation sites (N-methyl/N-ethyl adjacent to an activating group) is 1. The summed E-state index contributed by atoms with van der Waals surface area (Å²) in [5, 5.41) is 13.1. The van der Waals surface area contributed by atoms with E-state index in [4.69, 9.17) is 5.73 Å². The van der Waals surface area contributed by atoms with E-state index in [0.29, 0.717) is 29.3 Å². The highest BCUT2D eigenvalue weighted by Crippen LogP contribution is 2.25. The molecule has 0 aliphatic heterocycles. The molecule has 3 rings (SSSR count). The standard InChI is InChI=1S/C22H34N8O/c1-14-9-10-17(19(23)31)11-18(14)27-22-29-20(25-13-16-7-5-4-6-8-16)28-21(30-22)26-15(2)12-24-3/h9-11,15-16,24H,4-8,12-13H2,1-3H3,(H2,23,31)(H3,25,26,27,28,29,30)/t15-/m1/s1. The van der Waals surface area contributed by atoms with E-state index >= 15 is 0 Å². The lowest BCUT2D eigenvalue weighted by Gasteiger charge is -2.22. The summed E-state index contributed by atoms with van der Waals surface area (Å²) < 4.78 is 0. The Morgan fingerprint density at radius 3 is 2.55 bits per heavy atom. The molecule has 1 atom stereocenters. The lowest BCUT2D eigenvalue weighted by Crippen LogP contribution is -2.29. The third-order valence-electron chi connectivity index (χ3n) is 5.56. The molecule has 168 valence electrons. The summed E-state index contributed by atoms with van der Waals surface area (Å²) >= 11 is 0. The second-order valence-corrected chi connectivity index (χ2v) is 8.31. The van der Waals surface area contributed by atoms with Gasteiger partial charge in [0.1, 0.15) is 0 Å². The summed E-state index contributed by atoms with van der Waals surface area (Å²) in [7, 11) is 1.91. The first-order valence-electron chi connectivity index (χ1n) is 11.0. The van der Waals surface area contributed by atoms with Crippen LogP contribution >= 0.6 is 0 Å². The van der Waals surface area contributed by atoms with E-state index in [-0.39, 0.29) is 6.04 Å². The van der Waals surface area contributed by atoms with Gasteiger partial charge in [-0.3, -0.25) is 4.79 Å². The molecule has 2 aromatic rings. The van der Waals surface area contributed by atoms with Gasteiger partial charge in [-0.1, -0.05) is 25.3 Å². The second kappa shape index (κ2) is 10.9. The molecule has 1 aromatic heterocycles. The maximum Gasteiger partial charge on any atom is 0.248 e. The van der Waals surface area contributed by atoms with Gasteiger partial charge in [0.25, 0.3) is 0 Å². The first-order chi connectivity index (χ1) is 14.9. The number of aryl methyl sites for hydroxylation is 1. The number of primary amides is 1. The predicted octanol–water partition coefficient (Wildman–Crippen LogP) is 3.03. The molecule has 1 aliphatic rings. The molecule has 1 heterocycles. The number of carbonyl (C=O) groups is 1. The van der Waals surface area contributed by atoms with E-state index in [1.54, 1.807) is 12.1 Å². The number of benzene rings is 1. The van der Waals surface area contributed by atoms with Gasteiger partial charge in [0.2, 0.25) is 23.8 Å². The van der Waals surface area contributed by atoms with Crippen molar-refractivity contribution >= 4 is 29.4 Å². The highest BCUT2D eigenvalue weighted by Gasteiger charge is 2.15. The monoisotopic (exact) mass is 426 g/mol. The van der Waals surface area contributed by atoms with Crippen molar-refractivity contribution in [2.75, 3.05) is 36.1 Å². The zero-order chi connectivity index (χ0) is 22.2. The number of aromatic nitrogens is 3. The zero-order valence-corrected chi connectivity index (χ0v) is 18.7. The third kappa shape index (κ3) is 6.78. The van der Waals surface area contributed by atoms with Gasteiger partial charge in [-0.25, -0.2) is 0 Å². The van der Waals surface area contributed by atoms with Crippen LogP contribution in [-0.2, 0) is 0 Å². The van der Waals surface area contributed by atoms with Crippen molar-refractivity contribution in [3.63, 3.8) is 0 Å². The van der Waals surface area contributed by atoms with Crippen LogP contribution in [0.3, 0.4) is 0 Å². The quantitative estimate of drug-likeness (QED) is 0.392. The molecule has 6 N–H and O–H groups in total. The molecule has 1 amide bonds. The number of hydrogen-bond donors (Lipinski definition) is 5. The lowest BCUT2D eigenvalue weighted by atomic mass is 9.89. The highest BCUT2D eigenvalue weighted by atomic mass is 16.1. The van der Waals surface area contributed by atoms with E-state index in [9.17, 15) is 4.79 Å². The minimum absolute atomic E-state index is 0.145. The van der Waals surface area contributed by atoms with Crippen molar-refractivity contribution in [1.82, 2.24) is 20.3 Å². The Hall–Kier alpha value is -2.94. The van der Waals surface area contributed by atoms with Crippen LogP contribution in [0, 0.1) is 12.8 Å². The minimum atomic E-state index is -0.475. The molecule has 0 bridgehead atoms. The van der Waals surface area contributed by atoms with E-state index in [0.717, 1.165) is 24.3 Å². The Morgan fingerprint density at radius 2 is 1.84 bits per heavy atom. The van der Waals surface area contributed by atoms with Crippen LogP contribution in [0.5, 0.6) is 0 Å². The molecule has 1 aromatic carbocycles.